The van der Waals surface area contributed by atoms with Crippen LogP contribution in [-0.4, -0.2) is 36.5 Å². The van der Waals surface area contributed by atoms with E-state index in [4.69, 9.17) is 11.6 Å². The van der Waals surface area contributed by atoms with Gasteiger partial charge in [0.15, 0.2) is 0 Å². The summed E-state index contributed by atoms with van der Waals surface area (Å²) in [6.07, 6.45) is 1.21. The lowest BCUT2D eigenvalue weighted by Crippen LogP contribution is -2.42. The van der Waals surface area contributed by atoms with E-state index in [1.165, 1.54) is 24.3 Å². The molecule has 2 saturated heterocycles. The summed E-state index contributed by atoms with van der Waals surface area (Å²) >= 11 is 7.45. The Labute approximate surface area is 138 Å². The molecular weight excluding hydrogens is 316 g/mol. The normalized spacial score (nSPS) is 26.3. The molecule has 1 amide bonds. The maximum absolute atomic E-state index is 12.4. The maximum atomic E-state index is 12.4. The van der Waals surface area contributed by atoms with E-state index in [-0.39, 0.29) is 5.91 Å². The third kappa shape index (κ3) is 2.67. The van der Waals surface area contributed by atoms with Crippen molar-refractivity contribution < 1.29 is 4.79 Å². The number of thiophene rings is 1. The Balaban J connectivity index is 1.46. The molecule has 1 aromatic carbocycles. The lowest BCUT2D eigenvalue weighted by Gasteiger charge is -2.22. The highest BCUT2D eigenvalue weighted by Crippen LogP contribution is 2.31. The van der Waals surface area contributed by atoms with Gasteiger partial charge < -0.3 is 10.2 Å². The maximum Gasteiger partial charge on any atom is 0.261 e. The molecule has 0 spiro atoms. The third-order valence-electron chi connectivity index (χ3n) is 4.61. The van der Waals surface area contributed by atoms with Crippen LogP contribution in [0, 0.1) is 5.92 Å². The first-order valence-corrected chi connectivity index (χ1v) is 8.77. The minimum Gasteiger partial charge on any atom is -0.347 e. The highest BCUT2D eigenvalue weighted by Gasteiger charge is 2.38. The highest BCUT2D eigenvalue weighted by atomic mass is 35.5. The minimum atomic E-state index is 0.0592. The van der Waals surface area contributed by atoms with Gasteiger partial charge in [0.25, 0.3) is 5.91 Å². The molecule has 2 fully saturated rings. The van der Waals surface area contributed by atoms with E-state index in [2.05, 4.69) is 10.2 Å². The zero-order valence-electron chi connectivity index (χ0n) is 12.1. The number of hydrogen-bond donors (Lipinski definition) is 1. The number of nitrogens with zero attached hydrogens (tertiary/aromatic N) is 1. The second-order valence-electron chi connectivity index (χ2n) is 6.06. The Morgan fingerprint density at radius 3 is 2.68 bits per heavy atom. The molecule has 5 heteroatoms. The molecular formula is C17H17ClN2OS. The van der Waals surface area contributed by atoms with Crippen molar-refractivity contribution in [2.24, 2.45) is 5.92 Å². The number of piperidine rings is 1. The fourth-order valence-electron chi connectivity index (χ4n) is 3.42. The van der Waals surface area contributed by atoms with Crippen LogP contribution in [0.3, 0.4) is 0 Å². The number of rotatable bonds is 3. The first-order valence-electron chi connectivity index (χ1n) is 7.58. The molecule has 0 radical (unpaired) electrons. The molecule has 3 atom stereocenters. The van der Waals surface area contributed by atoms with Crippen LogP contribution in [0.4, 0.5) is 0 Å². The lowest BCUT2D eigenvalue weighted by atomic mass is 10.00. The number of nitrogens with one attached hydrogen (secondary N) is 1. The molecule has 0 aliphatic carbocycles. The molecule has 2 aliphatic heterocycles. The minimum absolute atomic E-state index is 0.0592. The van der Waals surface area contributed by atoms with Crippen LogP contribution in [-0.2, 0) is 0 Å². The summed E-state index contributed by atoms with van der Waals surface area (Å²) in [5, 5.41) is 3.94. The average Bonchev–Trinajstić information content (AvgIpc) is 3.24. The van der Waals surface area contributed by atoms with Crippen LogP contribution < -0.4 is 5.32 Å². The number of carbonyl (C=O) groups excluding carboxylic acids is 1. The van der Waals surface area contributed by atoms with Crippen molar-refractivity contribution >= 4 is 28.8 Å². The second-order valence-corrected chi connectivity index (χ2v) is 7.58. The summed E-state index contributed by atoms with van der Waals surface area (Å²) in [5.74, 6) is 0.698. The van der Waals surface area contributed by atoms with E-state index >= 15 is 0 Å². The summed E-state index contributed by atoms with van der Waals surface area (Å²) in [6.45, 7) is 3.34. The SMILES string of the molecule is O=C(NC1CN2CC[C@H]1C2)c1ccc(-c2ccc(Cl)cc2)s1. The van der Waals surface area contributed by atoms with Crippen molar-refractivity contribution in [3.8, 4) is 10.4 Å². The van der Waals surface area contributed by atoms with Crippen LogP contribution in [0.25, 0.3) is 10.4 Å². The molecule has 2 aromatic rings. The summed E-state index contributed by atoms with van der Waals surface area (Å²) in [6, 6.07) is 12.0. The highest BCUT2D eigenvalue weighted by molar-refractivity contribution is 7.17. The second kappa shape index (κ2) is 5.69. The number of benzene rings is 1. The van der Waals surface area contributed by atoms with Gasteiger partial charge in [-0.1, -0.05) is 23.7 Å². The number of carbonyl (C=O) groups is 1. The molecule has 2 bridgehead atoms. The van der Waals surface area contributed by atoms with Crippen molar-refractivity contribution in [3.05, 3.63) is 46.3 Å². The Bertz CT molecular complexity index is 697. The van der Waals surface area contributed by atoms with Gasteiger partial charge in [0.1, 0.15) is 0 Å². The molecule has 4 rings (SSSR count). The predicted molar refractivity (Wildman–Crippen MR) is 90.6 cm³/mol. The molecule has 1 N–H and O–H groups in total. The van der Waals surface area contributed by atoms with Crippen molar-refractivity contribution in [2.45, 2.75) is 12.5 Å². The van der Waals surface area contributed by atoms with Gasteiger partial charge in [0.05, 0.1) is 4.88 Å². The molecule has 0 saturated carbocycles. The zero-order valence-corrected chi connectivity index (χ0v) is 13.7. The van der Waals surface area contributed by atoms with Gasteiger partial charge in [0.2, 0.25) is 0 Å². The number of fused-ring (bicyclic) bond motifs is 2. The number of halogens is 1. The quantitative estimate of drug-likeness (QED) is 0.933. The van der Waals surface area contributed by atoms with Crippen LogP contribution >= 0.6 is 22.9 Å². The smallest absolute Gasteiger partial charge is 0.261 e. The molecule has 2 aliphatic rings. The van der Waals surface area contributed by atoms with E-state index in [1.54, 1.807) is 0 Å². The molecule has 3 heterocycles. The summed E-state index contributed by atoms with van der Waals surface area (Å²) < 4.78 is 0. The van der Waals surface area contributed by atoms with E-state index in [9.17, 15) is 4.79 Å². The molecule has 2 unspecified atom stereocenters. The van der Waals surface area contributed by atoms with Gasteiger partial charge in [-0.3, -0.25) is 4.79 Å². The van der Waals surface area contributed by atoms with E-state index < -0.39 is 0 Å². The van der Waals surface area contributed by atoms with Crippen molar-refractivity contribution in [1.82, 2.24) is 10.2 Å². The largest absolute Gasteiger partial charge is 0.347 e. The molecule has 114 valence electrons. The first-order chi connectivity index (χ1) is 10.7. The van der Waals surface area contributed by atoms with Gasteiger partial charge in [0, 0.05) is 29.0 Å². The number of amides is 1. The standard InChI is InChI=1S/C17H17ClN2OS/c18-13-3-1-11(2-4-13)15-5-6-16(22-15)17(21)19-14-10-20-8-7-12(14)9-20/h1-6,12,14H,7-10H2,(H,19,21)/t12-,14?/m0/s1. The van der Waals surface area contributed by atoms with Gasteiger partial charge in [-0.05, 0) is 48.7 Å². The summed E-state index contributed by atoms with van der Waals surface area (Å²) in [4.78, 5) is 16.7. The fraction of sp³-hybridized carbons (Fsp3) is 0.353. The van der Waals surface area contributed by atoms with Crippen LogP contribution in [0.15, 0.2) is 36.4 Å². The van der Waals surface area contributed by atoms with Crippen molar-refractivity contribution in [3.63, 3.8) is 0 Å². The van der Waals surface area contributed by atoms with Crippen LogP contribution in [0.2, 0.25) is 5.02 Å². The van der Waals surface area contributed by atoms with E-state index in [0.29, 0.717) is 12.0 Å². The van der Waals surface area contributed by atoms with Gasteiger partial charge in [-0.2, -0.15) is 0 Å². The summed E-state index contributed by atoms with van der Waals surface area (Å²) in [5.41, 5.74) is 1.10. The molecule has 22 heavy (non-hydrogen) atoms. The number of hydrogen-bond acceptors (Lipinski definition) is 3. The summed E-state index contributed by atoms with van der Waals surface area (Å²) in [7, 11) is 0. The van der Waals surface area contributed by atoms with Gasteiger partial charge in [-0.15, -0.1) is 11.3 Å². The Hall–Kier alpha value is -1.36. The van der Waals surface area contributed by atoms with Gasteiger partial charge in [-0.25, -0.2) is 0 Å². The Morgan fingerprint density at radius 1 is 1.18 bits per heavy atom. The monoisotopic (exact) mass is 332 g/mol. The van der Waals surface area contributed by atoms with Crippen molar-refractivity contribution in [2.75, 3.05) is 19.6 Å². The van der Waals surface area contributed by atoms with Crippen LogP contribution in [0.1, 0.15) is 16.1 Å². The Morgan fingerprint density at radius 2 is 2.00 bits per heavy atom. The predicted octanol–water partition coefficient (Wildman–Crippen LogP) is 3.50. The Kier molecular flexibility index (Phi) is 3.68. The fourth-order valence-corrected chi connectivity index (χ4v) is 4.46. The third-order valence-corrected chi connectivity index (χ3v) is 5.99. The average molecular weight is 333 g/mol. The zero-order chi connectivity index (χ0) is 15.1. The van der Waals surface area contributed by atoms with E-state index in [1.807, 2.05) is 36.4 Å². The first kappa shape index (κ1) is 14.2. The van der Waals surface area contributed by atoms with Crippen LogP contribution in [0.5, 0.6) is 0 Å². The molecule has 1 aromatic heterocycles. The van der Waals surface area contributed by atoms with Crippen molar-refractivity contribution in [1.29, 1.82) is 0 Å². The molecule has 3 nitrogen and oxygen atoms in total. The van der Waals surface area contributed by atoms with E-state index in [0.717, 1.165) is 33.4 Å². The van der Waals surface area contributed by atoms with Gasteiger partial charge >= 0.3 is 0 Å². The lowest BCUT2D eigenvalue weighted by molar-refractivity contribution is 0.0928. The topological polar surface area (TPSA) is 32.3 Å².